The van der Waals surface area contributed by atoms with Crippen LogP contribution in [0.2, 0.25) is 5.02 Å². The second-order valence-corrected chi connectivity index (χ2v) is 6.66. The van der Waals surface area contributed by atoms with Gasteiger partial charge in [0.1, 0.15) is 18.1 Å². The van der Waals surface area contributed by atoms with Crippen molar-refractivity contribution in [3.05, 3.63) is 86.3 Å². The lowest BCUT2D eigenvalue weighted by Crippen LogP contribution is -2.11. The molecule has 0 radical (unpaired) electrons. The maximum Gasteiger partial charge on any atom is 0.291 e. The SMILES string of the molecule is Cc1cc(C)cc(OCc2ccc(C(=O)Nc3cc([N+](=O)[O-])ccc3Cl)o2)c1. The number of nitro benzene ring substituents is 1. The highest BCUT2D eigenvalue weighted by Crippen LogP contribution is 2.27. The first-order valence-corrected chi connectivity index (χ1v) is 8.75. The number of ether oxygens (including phenoxy) is 1. The van der Waals surface area contributed by atoms with Crippen LogP contribution in [0.25, 0.3) is 0 Å². The van der Waals surface area contributed by atoms with Gasteiger partial charge < -0.3 is 14.5 Å². The number of anilines is 1. The zero-order chi connectivity index (χ0) is 20.3. The average Bonchev–Trinajstić information content (AvgIpc) is 3.10. The van der Waals surface area contributed by atoms with Crippen LogP contribution in [0.4, 0.5) is 11.4 Å². The van der Waals surface area contributed by atoms with Gasteiger partial charge in [-0.05, 0) is 55.3 Å². The van der Waals surface area contributed by atoms with Gasteiger partial charge in [-0.15, -0.1) is 0 Å². The van der Waals surface area contributed by atoms with E-state index in [2.05, 4.69) is 5.32 Å². The van der Waals surface area contributed by atoms with Gasteiger partial charge in [-0.3, -0.25) is 14.9 Å². The van der Waals surface area contributed by atoms with Gasteiger partial charge in [-0.1, -0.05) is 17.7 Å². The number of amides is 1. The summed E-state index contributed by atoms with van der Waals surface area (Å²) < 4.78 is 11.2. The monoisotopic (exact) mass is 400 g/mol. The van der Waals surface area contributed by atoms with Crippen LogP contribution in [0, 0.1) is 24.0 Å². The lowest BCUT2D eigenvalue weighted by atomic mass is 10.1. The highest BCUT2D eigenvalue weighted by molar-refractivity contribution is 6.34. The molecule has 1 aromatic heterocycles. The second kappa shape index (κ2) is 8.14. The van der Waals surface area contributed by atoms with Gasteiger partial charge in [0.2, 0.25) is 0 Å². The van der Waals surface area contributed by atoms with Gasteiger partial charge in [0.15, 0.2) is 5.76 Å². The third-order valence-corrected chi connectivity index (χ3v) is 4.20. The molecule has 2 aromatic carbocycles. The first-order chi connectivity index (χ1) is 13.3. The summed E-state index contributed by atoms with van der Waals surface area (Å²) in [6.45, 7) is 4.12. The summed E-state index contributed by atoms with van der Waals surface area (Å²) in [5, 5.41) is 13.6. The summed E-state index contributed by atoms with van der Waals surface area (Å²) in [4.78, 5) is 22.7. The van der Waals surface area contributed by atoms with E-state index in [0.717, 1.165) is 11.1 Å². The largest absolute Gasteiger partial charge is 0.486 e. The number of hydrogen-bond acceptors (Lipinski definition) is 5. The summed E-state index contributed by atoms with van der Waals surface area (Å²) in [7, 11) is 0. The Kier molecular flexibility index (Phi) is 5.65. The van der Waals surface area contributed by atoms with Crippen molar-refractivity contribution in [1.29, 1.82) is 0 Å². The molecule has 3 rings (SSSR count). The Bertz CT molecular complexity index is 1020. The number of benzene rings is 2. The van der Waals surface area contributed by atoms with Gasteiger partial charge >= 0.3 is 0 Å². The van der Waals surface area contributed by atoms with Gasteiger partial charge in [0, 0.05) is 12.1 Å². The molecule has 1 amide bonds. The van der Waals surface area contributed by atoms with E-state index in [9.17, 15) is 14.9 Å². The molecule has 7 nitrogen and oxygen atoms in total. The van der Waals surface area contributed by atoms with Gasteiger partial charge in [0.05, 0.1) is 15.6 Å². The lowest BCUT2D eigenvalue weighted by Gasteiger charge is -2.07. The minimum Gasteiger partial charge on any atom is -0.486 e. The Hall–Kier alpha value is -3.32. The smallest absolute Gasteiger partial charge is 0.291 e. The van der Waals surface area contributed by atoms with E-state index in [4.69, 9.17) is 20.8 Å². The van der Waals surface area contributed by atoms with E-state index in [1.165, 1.54) is 24.3 Å². The van der Waals surface area contributed by atoms with E-state index in [1.54, 1.807) is 6.07 Å². The van der Waals surface area contributed by atoms with Crippen LogP contribution in [0.3, 0.4) is 0 Å². The highest BCUT2D eigenvalue weighted by atomic mass is 35.5. The molecule has 0 bridgehead atoms. The highest BCUT2D eigenvalue weighted by Gasteiger charge is 2.16. The normalized spacial score (nSPS) is 10.5. The van der Waals surface area contributed by atoms with E-state index in [-0.39, 0.29) is 28.8 Å². The Balaban J connectivity index is 1.67. The van der Waals surface area contributed by atoms with Crippen LogP contribution < -0.4 is 10.1 Å². The predicted octanol–water partition coefficient (Wildman–Crippen LogP) is 5.29. The molecule has 0 aliphatic heterocycles. The molecule has 0 saturated heterocycles. The standard InChI is InChI=1S/C20H17ClN2O5/c1-12-7-13(2)9-16(8-12)27-11-15-4-6-19(28-15)20(24)22-18-10-14(23(25)26)3-5-17(18)21/h3-10H,11H2,1-2H3,(H,22,24). The van der Waals surface area contributed by atoms with Crippen LogP contribution in [0.15, 0.2) is 52.9 Å². The van der Waals surface area contributed by atoms with Crippen molar-refractivity contribution in [3.8, 4) is 5.75 Å². The molecule has 0 saturated carbocycles. The minimum absolute atomic E-state index is 0.0431. The number of nitrogens with zero attached hydrogens (tertiary/aromatic N) is 1. The molecule has 28 heavy (non-hydrogen) atoms. The zero-order valence-electron chi connectivity index (χ0n) is 15.2. The Morgan fingerprint density at radius 1 is 1.14 bits per heavy atom. The number of nitrogens with one attached hydrogen (secondary N) is 1. The number of non-ortho nitro benzene ring substituents is 1. The number of hydrogen-bond donors (Lipinski definition) is 1. The molecule has 1 N–H and O–H groups in total. The molecule has 0 fully saturated rings. The molecular formula is C20H17ClN2O5. The van der Waals surface area contributed by atoms with Gasteiger partial charge in [-0.25, -0.2) is 0 Å². The molecule has 0 aliphatic carbocycles. The van der Waals surface area contributed by atoms with E-state index in [0.29, 0.717) is 11.5 Å². The number of rotatable bonds is 6. The molecule has 3 aromatic rings. The van der Waals surface area contributed by atoms with E-state index < -0.39 is 10.8 Å². The van der Waals surface area contributed by atoms with Crippen molar-refractivity contribution in [2.45, 2.75) is 20.5 Å². The molecule has 0 atom stereocenters. The molecule has 0 aliphatic rings. The van der Waals surface area contributed by atoms with Crippen LogP contribution in [0.1, 0.15) is 27.4 Å². The summed E-state index contributed by atoms with van der Waals surface area (Å²) in [6, 6.07) is 12.8. The average molecular weight is 401 g/mol. The van der Waals surface area contributed by atoms with Gasteiger partial charge in [0.25, 0.3) is 11.6 Å². The predicted molar refractivity (Wildman–Crippen MR) is 105 cm³/mol. The number of aryl methyl sites for hydroxylation is 2. The molecule has 144 valence electrons. The van der Waals surface area contributed by atoms with Crippen molar-refractivity contribution in [2.75, 3.05) is 5.32 Å². The molecular weight excluding hydrogens is 384 g/mol. The van der Waals surface area contributed by atoms with Crippen LogP contribution in [-0.2, 0) is 6.61 Å². The quantitative estimate of drug-likeness (QED) is 0.448. The second-order valence-electron chi connectivity index (χ2n) is 6.25. The summed E-state index contributed by atoms with van der Waals surface area (Å²) >= 11 is 5.99. The Morgan fingerprint density at radius 2 is 1.86 bits per heavy atom. The van der Waals surface area contributed by atoms with Crippen molar-refractivity contribution >= 4 is 28.9 Å². The summed E-state index contributed by atoms with van der Waals surface area (Å²) in [6.07, 6.45) is 0. The third kappa shape index (κ3) is 4.69. The fraction of sp³-hybridized carbons (Fsp3) is 0.150. The number of halogens is 1. The van der Waals surface area contributed by atoms with Crippen LogP contribution in [0.5, 0.6) is 5.75 Å². The van der Waals surface area contributed by atoms with Gasteiger partial charge in [-0.2, -0.15) is 0 Å². The number of furan rings is 1. The molecule has 1 heterocycles. The van der Waals surface area contributed by atoms with E-state index >= 15 is 0 Å². The minimum atomic E-state index is -0.569. The topological polar surface area (TPSA) is 94.6 Å². The number of carbonyl (C=O) groups excluding carboxylic acids is 1. The Morgan fingerprint density at radius 3 is 2.54 bits per heavy atom. The fourth-order valence-electron chi connectivity index (χ4n) is 2.65. The fourth-order valence-corrected chi connectivity index (χ4v) is 2.82. The Labute approximate surface area is 166 Å². The van der Waals surface area contributed by atoms with Crippen molar-refractivity contribution in [1.82, 2.24) is 0 Å². The van der Waals surface area contributed by atoms with Crippen molar-refractivity contribution < 1.29 is 18.9 Å². The molecule has 0 unspecified atom stereocenters. The molecule has 8 heteroatoms. The summed E-state index contributed by atoms with van der Waals surface area (Å²) in [5.41, 5.74) is 2.12. The van der Waals surface area contributed by atoms with Crippen LogP contribution in [-0.4, -0.2) is 10.8 Å². The zero-order valence-corrected chi connectivity index (χ0v) is 15.9. The van der Waals surface area contributed by atoms with Crippen molar-refractivity contribution in [2.24, 2.45) is 0 Å². The maximum atomic E-state index is 12.4. The van der Waals surface area contributed by atoms with Crippen LogP contribution >= 0.6 is 11.6 Å². The first-order valence-electron chi connectivity index (χ1n) is 8.37. The number of nitro groups is 1. The maximum absolute atomic E-state index is 12.4. The third-order valence-electron chi connectivity index (χ3n) is 3.87. The number of carbonyl (C=O) groups is 1. The van der Waals surface area contributed by atoms with Crippen molar-refractivity contribution in [3.63, 3.8) is 0 Å². The summed E-state index contributed by atoms with van der Waals surface area (Å²) in [5.74, 6) is 0.652. The molecule has 0 spiro atoms. The van der Waals surface area contributed by atoms with E-state index in [1.807, 2.05) is 32.0 Å². The lowest BCUT2D eigenvalue weighted by molar-refractivity contribution is -0.384. The first kappa shape index (κ1) is 19.4.